The molecule has 18 heavy (non-hydrogen) atoms. The molecule has 2 N–H and O–H groups in total. The maximum absolute atomic E-state index is 13.3. The topological polar surface area (TPSA) is 35.5 Å². The Morgan fingerprint density at radius 3 is 2.56 bits per heavy atom. The molecule has 102 valence electrons. The van der Waals surface area contributed by atoms with Crippen molar-refractivity contribution >= 4 is 5.69 Å². The van der Waals surface area contributed by atoms with Crippen LogP contribution in [0.4, 0.5) is 10.1 Å². The first-order valence-corrected chi connectivity index (χ1v) is 6.31. The molecule has 1 rings (SSSR count). The molecule has 1 unspecified atom stereocenters. The Kier molecular flexibility index (Phi) is 5.56. The highest BCUT2D eigenvalue weighted by Crippen LogP contribution is 2.22. The second-order valence-electron chi connectivity index (χ2n) is 4.95. The molecule has 3 nitrogen and oxygen atoms in total. The van der Waals surface area contributed by atoms with Crippen molar-refractivity contribution < 1.29 is 9.50 Å². The number of anilines is 1. The summed E-state index contributed by atoms with van der Waals surface area (Å²) in [6, 6.07) is 5.12. The second kappa shape index (κ2) is 6.71. The quantitative estimate of drug-likeness (QED) is 0.816. The average molecular weight is 254 g/mol. The van der Waals surface area contributed by atoms with Crippen LogP contribution < -0.4 is 10.2 Å². The van der Waals surface area contributed by atoms with E-state index in [0.29, 0.717) is 12.6 Å². The number of benzene rings is 1. The van der Waals surface area contributed by atoms with Crippen LogP contribution in [0.25, 0.3) is 0 Å². The van der Waals surface area contributed by atoms with E-state index < -0.39 is 0 Å². The highest BCUT2D eigenvalue weighted by Gasteiger charge is 2.13. The molecule has 0 aliphatic heterocycles. The lowest BCUT2D eigenvalue weighted by Gasteiger charge is -2.28. The van der Waals surface area contributed by atoms with Crippen LogP contribution in [0.5, 0.6) is 0 Å². The number of likely N-dealkylation sites (N-methyl/N-ethyl adjacent to an activating group) is 1. The highest BCUT2D eigenvalue weighted by molar-refractivity contribution is 5.54. The van der Waals surface area contributed by atoms with Crippen molar-refractivity contribution in [2.75, 3.05) is 18.6 Å². The Morgan fingerprint density at radius 2 is 2.00 bits per heavy atom. The van der Waals surface area contributed by atoms with Gasteiger partial charge in [-0.05, 0) is 30.7 Å². The lowest BCUT2D eigenvalue weighted by molar-refractivity contribution is 0.270. The number of rotatable bonds is 6. The normalized spacial score (nSPS) is 12.8. The van der Waals surface area contributed by atoms with Gasteiger partial charge in [-0.2, -0.15) is 0 Å². The summed E-state index contributed by atoms with van der Waals surface area (Å²) >= 11 is 0. The van der Waals surface area contributed by atoms with Gasteiger partial charge >= 0.3 is 0 Å². The van der Waals surface area contributed by atoms with Gasteiger partial charge in [0.2, 0.25) is 0 Å². The highest BCUT2D eigenvalue weighted by atomic mass is 19.1. The van der Waals surface area contributed by atoms with Gasteiger partial charge in [0.05, 0.1) is 6.61 Å². The summed E-state index contributed by atoms with van der Waals surface area (Å²) in [5.41, 5.74) is 1.86. The average Bonchev–Trinajstić information content (AvgIpc) is 2.34. The lowest BCUT2D eigenvalue weighted by atomic mass is 10.1. The van der Waals surface area contributed by atoms with Crippen molar-refractivity contribution in [2.45, 2.75) is 39.4 Å². The van der Waals surface area contributed by atoms with E-state index in [1.165, 1.54) is 6.07 Å². The van der Waals surface area contributed by atoms with Crippen molar-refractivity contribution in [3.8, 4) is 0 Å². The number of aliphatic hydroxyl groups excluding tert-OH is 1. The molecule has 0 radical (unpaired) electrons. The fourth-order valence-electron chi connectivity index (χ4n) is 1.71. The van der Waals surface area contributed by atoms with E-state index in [1.54, 1.807) is 12.1 Å². The van der Waals surface area contributed by atoms with Gasteiger partial charge in [0.1, 0.15) is 5.82 Å². The third-order valence-electron chi connectivity index (χ3n) is 3.05. The molecule has 1 atom stereocenters. The third kappa shape index (κ3) is 3.96. The Hall–Kier alpha value is -1.13. The van der Waals surface area contributed by atoms with E-state index in [1.807, 2.05) is 18.9 Å². The van der Waals surface area contributed by atoms with E-state index in [-0.39, 0.29) is 18.5 Å². The van der Waals surface area contributed by atoms with E-state index in [4.69, 9.17) is 0 Å². The molecule has 0 saturated carbocycles. The van der Waals surface area contributed by atoms with Crippen LogP contribution in [-0.2, 0) is 6.54 Å². The molecule has 0 fully saturated rings. The Morgan fingerprint density at radius 1 is 1.33 bits per heavy atom. The fourth-order valence-corrected chi connectivity index (χ4v) is 1.71. The van der Waals surface area contributed by atoms with Crippen LogP contribution in [-0.4, -0.2) is 30.8 Å². The number of hydrogen-bond acceptors (Lipinski definition) is 3. The number of halogens is 1. The largest absolute Gasteiger partial charge is 0.394 e. The molecule has 0 heterocycles. The van der Waals surface area contributed by atoms with Crippen molar-refractivity contribution in [1.82, 2.24) is 5.32 Å². The lowest BCUT2D eigenvalue weighted by Crippen LogP contribution is -2.33. The molecule has 1 aromatic carbocycles. The van der Waals surface area contributed by atoms with Crippen molar-refractivity contribution in [2.24, 2.45) is 0 Å². The molecule has 0 aromatic heterocycles. The Balaban J connectivity index is 2.95. The van der Waals surface area contributed by atoms with E-state index in [9.17, 15) is 9.50 Å². The molecular weight excluding hydrogens is 231 g/mol. The summed E-state index contributed by atoms with van der Waals surface area (Å²) in [5.74, 6) is -0.232. The molecule has 0 spiro atoms. The van der Waals surface area contributed by atoms with E-state index in [0.717, 1.165) is 11.3 Å². The van der Waals surface area contributed by atoms with Gasteiger partial charge in [-0.25, -0.2) is 4.39 Å². The zero-order chi connectivity index (χ0) is 13.7. The number of nitrogens with one attached hydrogen (secondary N) is 1. The zero-order valence-electron chi connectivity index (χ0n) is 11.6. The maximum atomic E-state index is 13.3. The van der Waals surface area contributed by atoms with Crippen molar-refractivity contribution in [3.63, 3.8) is 0 Å². The minimum absolute atomic E-state index is 0.00765. The first-order valence-electron chi connectivity index (χ1n) is 6.31. The predicted molar refractivity (Wildman–Crippen MR) is 73.3 cm³/mol. The Bertz CT molecular complexity index is 382. The smallest absolute Gasteiger partial charge is 0.123 e. The number of hydrogen-bond donors (Lipinski definition) is 2. The van der Waals surface area contributed by atoms with Crippen LogP contribution in [0.15, 0.2) is 18.2 Å². The monoisotopic (exact) mass is 254 g/mol. The summed E-state index contributed by atoms with van der Waals surface area (Å²) in [5, 5.41) is 12.5. The van der Waals surface area contributed by atoms with Crippen LogP contribution in [0.1, 0.15) is 26.3 Å². The van der Waals surface area contributed by atoms with Gasteiger partial charge < -0.3 is 15.3 Å². The fraction of sp³-hybridized carbons (Fsp3) is 0.571. The van der Waals surface area contributed by atoms with Gasteiger partial charge in [-0.15, -0.1) is 0 Å². The van der Waals surface area contributed by atoms with Crippen LogP contribution in [0.2, 0.25) is 0 Å². The molecular formula is C14H23FN2O. The predicted octanol–water partition coefficient (Wildman–Crippen LogP) is 2.14. The standard InChI is InChI=1S/C14H23FN2O/c1-10(2)16-8-12-7-13(15)5-6-14(12)17(4)11(3)9-18/h5-7,10-11,16,18H,8-9H2,1-4H3. The first-order chi connectivity index (χ1) is 8.45. The second-order valence-corrected chi connectivity index (χ2v) is 4.95. The summed E-state index contributed by atoms with van der Waals surface area (Å²) in [6.45, 7) is 6.74. The van der Waals surface area contributed by atoms with Gasteiger partial charge in [-0.1, -0.05) is 13.8 Å². The van der Waals surface area contributed by atoms with Crippen molar-refractivity contribution in [3.05, 3.63) is 29.6 Å². The third-order valence-corrected chi connectivity index (χ3v) is 3.05. The zero-order valence-corrected chi connectivity index (χ0v) is 11.6. The molecule has 4 heteroatoms. The molecule has 0 amide bonds. The number of aliphatic hydroxyl groups is 1. The molecule has 0 aliphatic carbocycles. The minimum Gasteiger partial charge on any atom is -0.394 e. The van der Waals surface area contributed by atoms with Crippen LogP contribution in [0.3, 0.4) is 0 Å². The summed E-state index contributed by atoms with van der Waals surface area (Å²) in [7, 11) is 1.91. The Labute approximate surface area is 109 Å². The summed E-state index contributed by atoms with van der Waals surface area (Å²) in [6.07, 6.45) is 0. The van der Waals surface area contributed by atoms with Crippen LogP contribution >= 0.6 is 0 Å². The number of nitrogens with zero attached hydrogens (tertiary/aromatic N) is 1. The van der Waals surface area contributed by atoms with Crippen LogP contribution in [0, 0.1) is 5.82 Å². The summed E-state index contributed by atoms with van der Waals surface area (Å²) < 4.78 is 13.3. The molecule has 0 aliphatic rings. The van der Waals surface area contributed by atoms with E-state index >= 15 is 0 Å². The van der Waals surface area contributed by atoms with Gasteiger partial charge in [0, 0.05) is 31.4 Å². The van der Waals surface area contributed by atoms with Gasteiger partial charge in [0.15, 0.2) is 0 Å². The molecule has 1 aromatic rings. The SMILES string of the molecule is CC(C)NCc1cc(F)ccc1N(C)C(C)CO. The molecule has 0 saturated heterocycles. The van der Waals surface area contributed by atoms with Gasteiger partial charge in [-0.3, -0.25) is 0 Å². The first kappa shape index (κ1) is 14.9. The maximum Gasteiger partial charge on any atom is 0.123 e. The van der Waals surface area contributed by atoms with E-state index in [2.05, 4.69) is 19.2 Å². The molecule has 0 bridgehead atoms. The minimum atomic E-state index is -0.232. The van der Waals surface area contributed by atoms with Gasteiger partial charge in [0.25, 0.3) is 0 Å². The summed E-state index contributed by atoms with van der Waals surface area (Å²) in [4.78, 5) is 1.97. The van der Waals surface area contributed by atoms with Crippen molar-refractivity contribution in [1.29, 1.82) is 0 Å².